The van der Waals surface area contributed by atoms with Crippen LogP contribution in [-0.4, -0.2) is 13.2 Å². The maximum Gasteiger partial charge on any atom is 0.123 e. The van der Waals surface area contributed by atoms with Gasteiger partial charge in [0.05, 0.1) is 13.2 Å². The van der Waals surface area contributed by atoms with Crippen molar-refractivity contribution in [1.82, 2.24) is 0 Å². The maximum atomic E-state index is 5.80. The van der Waals surface area contributed by atoms with Gasteiger partial charge < -0.3 is 0 Å². The summed E-state index contributed by atoms with van der Waals surface area (Å²) >= 11 is 0. The Labute approximate surface area is 240 Å². The molecule has 0 aromatic heterocycles. The largest absolute Gasteiger partial charge is 0.236 e. The van der Waals surface area contributed by atoms with E-state index in [-0.39, 0.29) is 0 Å². The molecular weight excluding hydrogens is 496 g/mol. The first-order valence-corrected chi connectivity index (χ1v) is 14.9. The van der Waals surface area contributed by atoms with Gasteiger partial charge in [0.15, 0.2) is 0 Å². The van der Waals surface area contributed by atoms with Crippen molar-refractivity contribution in [2.45, 2.75) is 90.3 Å². The van der Waals surface area contributed by atoms with E-state index in [4.69, 9.17) is 19.6 Å². The predicted octanol–water partition coefficient (Wildman–Crippen LogP) is 10.2. The number of hydrogen-bond donors (Lipinski definition) is 0. The van der Waals surface area contributed by atoms with Crippen LogP contribution < -0.4 is 0 Å². The van der Waals surface area contributed by atoms with Crippen LogP contribution in [-0.2, 0) is 30.8 Å². The Morgan fingerprint density at radius 3 is 1.18 bits per heavy atom. The summed E-state index contributed by atoms with van der Waals surface area (Å²) in [6, 6.07) is 29.7. The number of hydrogen-bond acceptors (Lipinski definition) is 4. The first-order valence-electron chi connectivity index (χ1n) is 14.9. The van der Waals surface area contributed by atoms with Crippen LogP contribution in [0.25, 0.3) is 21.5 Å². The van der Waals surface area contributed by atoms with Gasteiger partial charge in [-0.3, -0.25) is 0 Å². The standard InChI is InChI=1S/C36H46O4/c1-35(2,33-23-21-29-17-11-13-19-31(29)27-33)39-37-25-15-9-7-5-6-8-10-16-26-38-40-36(3,4)34-24-22-30-18-12-14-20-32(30)28-34/h11-14,17-24,27-28H,5-10,15-16,25-26H2,1-4H3. The topological polar surface area (TPSA) is 36.9 Å². The highest BCUT2D eigenvalue weighted by molar-refractivity contribution is 5.83. The van der Waals surface area contributed by atoms with E-state index in [1.165, 1.54) is 60.1 Å². The molecule has 0 fully saturated rings. The van der Waals surface area contributed by atoms with Crippen molar-refractivity contribution < 1.29 is 19.6 Å². The Morgan fingerprint density at radius 2 is 0.775 bits per heavy atom. The summed E-state index contributed by atoms with van der Waals surface area (Å²) in [5.41, 5.74) is 1.28. The Kier molecular flexibility index (Phi) is 11.1. The SMILES string of the molecule is CC(C)(OOCCCCCCCCCCOOC(C)(C)c1ccc2ccccc2c1)c1ccc2ccccc2c1. The van der Waals surface area contributed by atoms with E-state index in [1.54, 1.807) is 0 Å². The molecule has 4 aromatic rings. The van der Waals surface area contributed by atoms with Crippen molar-refractivity contribution >= 4 is 21.5 Å². The molecule has 0 amide bonds. The summed E-state index contributed by atoms with van der Waals surface area (Å²) in [4.78, 5) is 22.8. The molecule has 0 bridgehead atoms. The normalized spacial score (nSPS) is 12.4. The van der Waals surface area contributed by atoms with Crippen molar-refractivity contribution in [3.63, 3.8) is 0 Å². The lowest BCUT2D eigenvalue weighted by Gasteiger charge is -2.24. The second kappa shape index (κ2) is 14.7. The Bertz CT molecular complexity index is 1220. The molecule has 0 unspecified atom stereocenters. The Morgan fingerprint density at radius 1 is 0.425 bits per heavy atom. The first-order chi connectivity index (χ1) is 19.4. The Hall–Kier alpha value is -2.76. The number of rotatable bonds is 17. The second-order valence-corrected chi connectivity index (χ2v) is 11.8. The molecule has 4 heteroatoms. The lowest BCUT2D eigenvalue weighted by molar-refractivity contribution is -0.358. The maximum absolute atomic E-state index is 5.80. The van der Waals surface area contributed by atoms with Crippen LogP contribution in [0, 0.1) is 0 Å². The zero-order chi connectivity index (χ0) is 28.3. The Balaban J connectivity index is 0.990. The van der Waals surface area contributed by atoms with E-state index in [2.05, 4.69) is 113 Å². The summed E-state index contributed by atoms with van der Waals surface area (Å²) < 4.78 is 0. The van der Waals surface area contributed by atoms with Gasteiger partial charge in [0.2, 0.25) is 0 Å². The molecule has 0 aliphatic carbocycles. The highest BCUT2D eigenvalue weighted by Gasteiger charge is 2.24. The molecule has 0 N–H and O–H groups in total. The van der Waals surface area contributed by atoms with E-state index in [0.717, 1.165) is 24.0 Å². The molecule has 0 aliphatic rings. The second-order valence-electron chi connectivity index (χ2n) is 11.8. The molecule has 0 saturated carbocycles. The minimum absolute atomic E-state index is 0.481. The average molecular weight is 543 g/mol. The fraction of sp³-hybridized carbons (Fsp3) is 0.444. The monoisotopic (exact) mass is 542 g/mol. The van der Waals surface area contributed by atoms with E-state index >= 15 is 0 Å². The molecule has 4 rings (SSSR count). The fourth-order valence-corrected chi connectivity index (χ4v) is 4.98. The third kappa shape index (κ3) is 8.87. The van der Waals surface area contributed by atoms with Crippen LogP contribution in [0.4, 0.5) is 0 Å². The van der Waals surface area contributed by atoms with Crippen LogP contribution in [0.1, 0.15) is 90.2 Å². The highest BCUT2D eigenvalue weighted by atomic mass is 17.2. The van der Waals surface area contributed by atoms with Crippen LogP contribution >= 0.6 is 0 Å². The molecule has 0 radical (unpaired) electrons. The van der Waals surface area contributed by atoms with Crippen LogP contribution in [0.3, 0.4) is 0 Å². The van der Waals surface area contributed by atoms with Gasteiger partial charge in [-0.15, -0.1) is 0 Å². The van der Waals surface area contributed by atoms with Crippen molar-refractivity contribution in [2.24, 2.45) is 0 Å². The number of unbranched alkanes of at least 4 members (excludes halogenated alkanes) is 7. The summed E-state index contributed by atoms with van der Waals surface area (Å²) in [7, 11) is 0. The summed E-state index contributed by atoms with van der Waals surface area (Å²) in [6.07, 6.45) is 9.36. The molecule has 0 heterocycles. The summed E-state index contributed by atoms with van der Waals surface area (Å²) in [6.45, 7) is 9.48. The van der Waals surface area contributed by atoms with Gasteiger partial charge in [-0.1, -0.05) is 111 Å². The molecule has 0 spiro atoms. The van der Waals surface area contributed by atoms with Crippen molar-refractivity contribution in [2.75, 3.05) is 13.2 Å². The molecule has 214 valence electrons. The van der Waals surface area contributed by atoms with Gasteiger partial charge in [0.1, 0.15) is 11.2 Å². The minimum Gasteiger partial charge on any atom is -0.236 e. The van der Waals surface area contributed by atoms with Gasteiger partial charge >= 0.3 is 0 Å². The zero-order valence-corrected chi connectivity index (χ0v) is 24.8. The molecule has 4 aromatic carbocycles. The molecule has 0 saturated heterocycles. The van der Waals surface area contributed by atoms with Crippen molar-refractivity contribution in [3.05, 3.63) is 96.1 Å². The first kappa shape index (κ1) is 30.2. The van der Waals surface area contributed by atoms with Crippen molar-refractivity contribution in [3.8, 4) is 0 Å². The van der Waals surface area contributed by atoms with E-state index in [0.29, 0.717) is 13.2 Å². The third-order valence-corrected chi connectivity index (χ3v) is 7.63. The molecule has 0 aliphatic heterocycles. The van der Waals surface area contributed by atoms with Gasteiger partial charge in [0, 0.05) is 0 Å². The van der Waals surface area contributed by atoms with Crippen LogP contribution in [0.15, 0.2) is 84.9 Å². The summed E-state index contributed by atoms with van der Waals surface area (Å²) in [5, 5.41) is 4.92. The minimum atomic E-state index is -0.481. The number of fused-ring (bicyclic) bond motifs is 2. The number of benzene rings is 4. The molecule has 4 nitrogen and oxygen atoms in total. The quantitative estimate of drug-likeness (QED) is 0.0755. The molecule has 0 atom stereocenters. The van der Waals surface area contributed by atoms with E-state index in [9.17, 15) is 0 Å². The highest BCUT2D eigenvalue weighted by Crippen LogP contribution is 2.29. The lowest BCUT2D eigenvalue weighted by atomic mass is 9.95. The average Bonchev–Trinajstić information content (AvgIpc) is 2.96. The third-order valence-electron chi connectivity index (χ3n) is 7.63. The van der Waals surface area contributed by atoms with E-state index in [1.807, 2.05) is 0 Å². The van der Waals surface area contributed by atoms with Gasteiger partial charge in [-0.2, -0.15) is 0 Å². The smallest absolute Gasteiger partial charge is 0.123 e. The molecule has 40 heavy (non-hydrogen) atoms. The van der Waals surface area contributed by atoms with Crippen LogP contribution in [0.5, 0.6) is 0 Å². The fourth-order valence-electron chi connectivity index (χ4n) is 4.98. The predicted molar refractivity (Wildman–Crippen MR) is 165 cm³/mol. The van der Waals surface area contributed by atoms with E-state index < -0.39 is 11.2 Å². The summed E-state index contributed by atoms with van der Waals surface area (Å²) in [5.74, 6) is 0. The van der Waals surface area contributed by atoms with Gasteiger partial charge in [-0.25, -0.2) is 19.6 Å². The van der Waals surface area contributed by atoms with Gasteiger partial charge in [-0.05, 0) is 85.3 Å². The lowest BCUT2D eigenvalue weighted by Crippen LogP contribution is -2.22. The zero-order valence-electron chi connectivity index (χ0n) is 24.8. The van der Waals surface area contributed by atoms with Crippen molar-refractivity contribution in [1.29, 1.82) is 0 Å². The van der Waals surface area contributed by atoms with Crippen LogP contribution in [0.2, 0.25) is 0 Å². The molecular formula is C36H46O4. The van der Waals surface area contributed by atoms with Gasteiger partial charge in [0.25, 0.3) is 0 Å².